The maximum Gasteiger partial charge on any atom is 0.242 e. The Morgan fingerprint density at radius 3 is 2.58 bits per heavy atom. The van der Waals surface area contributed by atoms with E-state index in [1.165, 1.54) is 11.0 Å². The Labute approximate surface area is 213 Å². The fourth-order valence-electron chi connectivity index (χ4n) is 3.64. The molecule has 2 amide bonds. The lowest BCUT2D eigenvalue weighted by molar-refractivity contribution is -0.128. The van der Waals surface area contributed by atoms with Crippen molar-refractivity contribution in [2.45, 2.75) is 25.1 Å². The standard InChI is InChI=1S/C27H26FN3O4S/c1-3-35-21-8-6-7-19(15-21)29-25(32)16-24-26(33)31(17-18-11-13-20(34-2)14-12-18)27(36-24)30-23-10-5-4-9-22(23)28/h4-15,24H,3,16-17H2,1-2H3,(H,29,32)/t24-/m0/s1. The number of halogens is 1. The highest BCUT2D eigenvalue weighted by molar-refractivity contribution is 8.15. The molecule has 0 spiro atoms. The molecule has 0 bridgehead atoms. The van der Waals surface area contributed by atoms with Gasteiger partial charge in [0, 0.05) is 18.2 Å². The molecule has 7 nitrogen and oxygen atoms in total. The second kappa shape index (κ2) is 11.7. The first-order valence-electron chi connectivity index (χ1n) is 11.4. The summed E-state index contributed by atoms with van der Waals surface area (Å²) >= 11 is 1.16. The van der Waals surface area contributed by atoms with Crippen LogP contribution < -0.4 is 14.8 Å². The minimum absolute atomic E-state index is 0.0578. The summed E-state index contributed by atoms with van der Waals surface area (Å²) in [5.74, 6) is 0.281. The first kappa shape index (κ1) is 25.2. The number of benzene rings is 3. The number of ether oxygens (including phenoxy) is 2. The lowest BCUT2D eigenvalue weighted by atomic mass is 10.2. The molecule has 9 heteroatoms. The van der Waals surface area contributed by atoms with Gasteiger partial charge in [0.05, 0.1) is 20.3 Å². The van der Waals surface area contributed by atoms with E-state index < -0.39 is 11.1 Å². The molecule has 1 saturated heterocycles. The van der Waals surface area contributed by atoms with Crippen LogP contribution in [-0.4, -0.2) is 40.8 Å². The quantitative estimate of drug-likeness (QED) is 0.420. The van der Waals surface area contributed by atoms with Crippen LogP contribution >= 0.6 is 11.8 Å². The molecule has 0 saturated carbocycles. The highest BCUT2D eigenvalue weighted by atomic mass is 32.2. The Kier molecular flexibility index (Phi) is 8.22. The zero-order chi connectivity index (χ0) is 25.5. The molecule has 0 radical (unpaired) electrons. The normalized spacial score (nSPS) is 16.3. The molecule has 186 valence electrons. The van der Waals surface area contributed by atoms with Gasteiger partial charge in [0.25, 0.3) is 0 Å². The van der Waals surface area contributed by atoms with Gasteiger partial charge in [0.1, 0.15) is 28.3 Å². The highest BCUT2D eigenvalue weighted by Gasteiger charge is 2.39. The number of methoxy groups -OCH3 is 1. The van der Waals surface area contributed by atoms with E-state index in [2.05, 4.69) is 10.3 Å². The zero-order valence-corrected chi connectivity index (χ0v) is 20.8. The molecule has 0 aromatic heterocycles. The molecule has 0 unspecified atom stereocenters. The fourth-order valence-corrected chi connectivity index (χ4v) is 4.79. The van der Waals surface area contributed by atoms with Gasteiger partial charge >= 0.3 is 0 Å². The predicted molar refractivity (Wildman–Crippen MR) is 139 cm³/mol. The third-order valence-electron chi connectivity index (χ3n) is 5.39. The summed E-state index contributed by atoms with van der Waals surface area (Å²) in [5.41, 5.74) is 1.56. The summed E-state index contributed by atoms with van der Waals surface area (Å²) < 4.78 is 25.0. The van der Waals surface area contributed by atoms with Gasteiger partial charge in [-0.1, -0.05) is 42.1 Å². The second-order valence-electron chi connectivity index (χ2n) is 7.94. The van der Waals surface area contributed by atoms with E-state index in [9.17, 15) is 14.0 Å². The largest absolute Gasteiger partial charge is 0.497 e. The molecule has 36 heavy (non-hydrogen) atoms. The number of amidine groups is 1. The number of carbonyl (C=O) groups excluding carboxylic acids is 2. The van der Waals surface area contributed by atoms with E-state index in [0.29, 0.717) is 29.0 Å². The van der Waals surface area contributed by atoms with Crippen LogP contribution in [0.2, 0.25) is 0 Å². The molecule has 1 aliphatic rings. The number of nitrogens with zero attached hydrogens (tertiary/aromatic N) is 2. The van der Waals surface area contributed by atoms with Crippen LogP contribution in [0.15, 0.2) is 77.8 Å². The first-order chi connectivity index (χ1) is 17.5. The monoisotopic (exact) mass is 507 g/mol. The van der Waals surface area contributed by atoms with Gasteiger partial charge in [-0.05, 0) is 48.9 Å². The maximum atomic E-state index is 14.3. The zero-order valence-electron chi connectivity index (χ0n) is 19.9. The highest BCUT2D eigenvalue weighted by Crippen LogP contribution is 2.34. The molecule has 3 aromatic rings. The van der Waals surface area contributed by atoms with Crippen LogP contribution in [0.25, 0.3) is 0 Å². The molecule has 0 aliphatic carbocycles. The van der Waals surface area contributed by atoms with Crippen molar-refractivity contribution in [2.75, 3.05) is 19.0 Å². The number of anilines is 1. The van der Waals surface area contributed by atoms with Crippen molar-refractivity contribution in [1.29, 1.82) is 0 Å². The maximum absolute atomic E-state index is 14.3. The Morgan fingerprint density at radius 1 is 1.08 bits per heavy atom. The average Bonchev–Trinajstić information content (AvgIpc) is 3.15. The van der Waals surface area contributed by atoms with Gasteiger partial charge in [-0.15, -0.1) is 0 Å². The van der Waals surface area contributed by atoms with E-state index in [0.717, 1.165) is 17.3 Å². The molecule has 3 aromatic carbocycles. The van der Waals surface area contributed by atoms with E-state index in [1.807, 2.05) is 19.1 Å². The Balaban J connectivity index is 1.53. The van der Waals surface area contributed by atoms with Crippen molar-refractivity contribution in [3.05, 3.63) is 84.2 Å². The third kappa shape index (κ3) is 6.23. The number of aliphatic imine (C=N–C) groups is 1. The van der Waals surface area contributed by atoms with Gasteiger partial charge in [0.15, 0.2) is 5.17 Å². The molecule has 1 fully saturated rings. The summed E-state index contributed by atoms with van der Waals surface area (Å²) in [4.78, 5) is 32.1. The number of para-hydroxylation sites is 1. The van der Waals surface area contributed by atoms with Crippen molar-refractivity contribution in [1.82, 2.24) is 4.90 Å². The van der Waals surface area contributed by atoms with Crippen molar-refractivity contribution in [2.24, 2.45) is 4.99 Å². The fraction of sp³-hybridized carbons (Fsp3) is 0.222. The van der Waals surface area contributed by atoms with Crippen molar-refractivity contribution in [3.63, 3.8) is 0 Å². The van der Waals surface area contributed by atoms with Gasteiger partial charge < -0.3 is 14.8 Å². The molecular formula is C27H26FN3O4S. The lowest BCUT2D eigenvalue weighted by Gasteiger charge is -2.17. The summed E-state index contributed by atoms with van der Waals surface area (Å²) in [5, 5.41) is 2.48. The van der Waals surface area contributed by atoms with E-state index in [4.69, 9.17) is 9.47 Å². The Morgan fingerprint density at radius 2 is 1.86 bits per heavy atom. The average molecular weight is 508 g/mol. The minimum atomic E-state index is -0.691. The number of thioether (sulfide) groups is 1. The number of rotatable bonds is 9. The van der Waals surface area contributed by atoms with Crippen molar-refractivity contribution >= 4 is 40.1 Å². The van der Waals surface area contributed by atoms with Crippen LogP contribution in [0.5, 0.6) is 11.5 Å². The van der Waals surface area contributed by atoms with E-state index in [-0.39, 0.29) is 30.5 Å². The van der Waals surface area contributed by atoms with Gasteiger partial charge in [0.2, 0.25) is 11.8 Å². The second-order valence-corrected chi connectivity index (χ2v) is 9.11. The first-order valence-corrected chi connectivity index (χ1v) is 12.3. The molecule has 4 rings (SSSR count). The predicted octanol–water partition coefficient (Wildman–Crippen LogP) is 5.39. The lowest BCUT2D eigenvalue weighted by Crippen LogP contribution is -2.33. The molecule has 1 aliphatic heterocycles. The summed E-state index contributed by atoms with van der Waals surface area (Å²) in [7, 11) is 1.58. The van der Waals surface area contributed by atoms with Gasteiger partial charge in [-0.3, -0.25) is 14.5 Å². The van der Waals surface area contributed by atoms with Crippen LogP contribution in [-0.2, 0) is 16.1 Å². The Hall–Kier alpha value is -3.85. The minimum Gasteiger partial charge on any atom is -0.497 e. The number of amides is 2. The van der Waals surface area contributed by atoms with Gasteiger partial charge in [-0.2, -0.15) is 0 Å². The SMILES string of the molecule is CCOc1cccc(NC(=O)C[C@@H]2SC(=Nc3ccccc3F)N(Cc3ccc(OC)cc3)C2=O)c1. The Bertz CT molecular complexity index is 1270. The third-order valence-corrected chi connectivity index (χ3v) is 6.56. The topological polar surface area (TPSA) is 80.2 Å². The smallest absolute Gasteiger partial charge is 0.242 e. The molecule has 1 atom stereocenters. The van der Waals surface area contributed by atoms with Crippen LogP contribution in [0.4, 0.5) is 15.8 Å². The molecular weight excluding hydrogens is 481 g/mol. The van der Waals surface area contributed by atoms with E-state index in [1.54, 1.807) is 61.7 Å². The van der Waals surface area contributed by atoms with Crippen LogP contribution in [0.1, 0.15) is 18.9 Å². The number of hydrogen-bond acceptors (Lipinski definition) is 6. The van der Waals surface area contributed by atoms with Crippen LogP contribution in [0.3, 0.4) is 0 Å². The summed E-state index contributed by atoms with van der Waals surface area (Å²) in [6, 6.07) is 20.5. The number of carbonyl (C=O) groups is 2. The van der Waals surface area contributed by atoms with Crippen LogP contribution in [0, 0.1) is 5.82 Å². The number of hydrogen-bond donors (Lipinski definition) is 1. The summed E-state index contributed by atoms with van der Waals surface area (Å²) in [6.45, 7) is 2.63. The van der Waals surface area contributed by atoms with Crippen molar-refractivity contribution < 1.29 is 23.5 Å². The van der Waals surface area contributed by atoms with Gasteiger partial charge in [-0.25, -0.2) is 9.38 Å². The van der Waals surface area contributed by atoms with E-state index >= 15 is 0 Å². The number of nitrogens with one attached hydrogen (secondary N) is 1. The van der Waals surface area contributed by atoms with Crippen molar-refractivity contribution in [3.8, 4) is 11.5 Å². The summed E-state index contributed by atoms with van der Waals surface area (Å²) in [6.07, 6.45) is -0.0578. The molecule has 1 N–H and O–H groups in total. The molecule has 1 heterocycles.